The normalized spacial score (nSPS) is 13.2. The van der Waals surface area contributed by atoms with Crippen LogP contribution in [0.3, 0.4) is 0 Å². The smallest absolute Gasteiger partial charge is 0.417 e. The standard InChI is InChI=1S/C28H39F3N2O2S/c1-20(2)8-6-9-22(5)10-7-11-23(13-12-21(3)4)16-17-36-19-25(27(34)35)33-26-15-14-24(18-32-26)28(29,30)31/h8,10,12,14-16,18,25H,6-7,9,11,13,17,19H2,1-5H3,(H,32,33)(H,34,35)/b22-10+,23-16-. The molecule has 36 heavy (non-hydrogen) atoms. The van der Waals surface area contributed by atoms with Gasteiger partial charge in [0.2, 0.25) is 0 Å². The van der Waals surface area contributed by atoms with Gasteiger partial charge in [0.1, 0.15) is 11.9 Å². The number of allylic oxidation sites excluding steroid dienone is 7. The molecule has 1 aromatic rings. The van der Waals surface area contributed by atoms with Gasteiger partial charge in [-0.3, -0.25) is 0 Å². The molecule has 0 radical (unpaired) electrons. The zero-order valence-electron chi connectivity index (χ0n) is 21.9. The molecule has 2 N–H and O–H groups in total. The van der Waals surface area contributed by atoms with Gasteiger partial charge in [-0.1, -0.05) is 46.6 Å². The molecule has 8 heteroatoms. The summed E-state index contributed by atoms with van der Waals surface area (Å²) in [4.78, 5) is 15.3. The Morgan fingerprint density at radius 2 is 1.69 bits per heavy atom. The van der Waals surface area contributed by atoms with E-state index in [-0.39, 0.29) is 11.6 Å². The molecule has 1 heterocycles. The number of aliphatic carboxylic acids is 1. The molecular weight excluding hydrogens is 485 g/mol. The minimum Gasteiger partial charge on any atom is -0.480 e. The maximum Gasteiger partial charge on any atom is 0.417 e. The van der Waals surface area contributed by atoms with Crippen LogP contribution in [0.5, 0.6) is 0 Å². The van der Waals surface area contributed by atoms with Crippen molar-refractivity contribution in [3.63, 3.8) is 0 Å². The second-order valence-electron chi connectivity index (χ2n) is 9.26. The lowest BCUT2D eigenvalue weighted by molar-refractivity contribution is -0.138. The average Bonchev–Trinajstić information content (AvgIpc) is 2.78. The monoisotopic (exact) mass is 524 g/mol. The first-order valence-electron chi connectivity index (χ1n) is 12.1. The molecule has 0 fully saturated rings. The topological polar surface area (TPSA) is 62.2 Å². The van der Waals surface area contributed by atoms with Crippen molar-refractivity contribution in [2.75, 3.05) is 16.8 Å². The van der Waals surface area contributed by atoms with Crippen LogP contribution < -0.4 is 5.32 Å². The number of hydrogen-bond acceptors (Lipinski definition) is 4. The van der Waals surface area contributed by atoms with Crippen molar-refractivity contribution in [2.45, 2.75) is 78.9 Å². The third-order valence-electron chi connectivity index (χ3n) is 5.31. The molecule has 0 aliphatic rings. The average molecular weight is 525 g/mol. The Bertz CT molecular complexity index is 941. The summed E-state index contributed by atoms with van der Waals surface area (Å²) in [7, 11) is 0. The van der Waals surface area contributed by atoms with E-state index in [9.17, 15) is 23.1 Å². The summed E-state index contributed by atoms with van der Waals surface area (Å²) in [6.07, 6.45) is 10.0. The van der Waals surface area contributed by atoms with Crippen LogP contribution in [0.25, 0.3) is 0 Å². The third kappa shape index (κ3) is 14.2. The lowest BCUT2D eigenvalue weighted by atomic mass is 10.0. The Labute approximate surface area is 217 Å². The van der Waals surface area contributed by atoms with Crippen molar-refractivity contribution in [1.82, 2.24) is 4.98 Å². The second-order valence-corrected chi connectivity index (χ2v) is 10.3. The number of alkyl halides is 3. The fourth-order valence-electron chi connectivity index (χ4n) is 3.18. The summed E-state index contributed by atoms with van der Waals surface area (Å²) < 4.78 is 38.1. The molecule has 0 aliphatic heterocycles. The number of nitrogens with one attached hydrogen (secondary N) is 1. The van der Waals surface area contributed by atoms with Gasteiger partial charge < -0.3 is 10.4 Å². The summed E-state index contributed by atoms with van der Waals surface area (Å²) in [5, 5.41) is 12.2. The second kappa shape index (κ2) is 16.3. The minimum absolute atomic E-state index is 0.0996. The van der Waals surface area contributed by atoms with Crippen molar-refractivity contribution in [3.05, 3.63) is 70.5 Å². The zero-order chi connectivity index (χ0) is 27.1. The van der Waals surface area contributed by atoms with E-state index in [4.69, 9.17) is 0 Å². The molecule has 0 saturated heterocycles. The Balaban J connectivity index is 2.66. The highest BCUT2D eigenvalue weighted by molar-refractivity contribution is 7.99. The highest BCUT2D eigenvalue weighted by Gasteiger charge is 2.30. The molecule has 200 valence electrons. The number of carboxylic acids is 1. The van der Waals surface area contributed by atoms with Crippen LogP contribution in [0.2, 0.25) is 0 Å². The van der Waals surface area contributed by atoms with Crippen LogP contribution >= 0.6 is 11.8 Å². The Kier molecular flexibility index (Phi) is 14.3. The molecule has 0 aromatic carbocycles. The quantitative estimate of drug-likeness (QED) is 0.178. The van der Waals surface area contributed by atoms with E-state index in [1.165, 1.54) is 34.1 Å². The summed E-state index contributed by atoms with van der Waals surface area (Å²) in [6, 6.07) is 1.08. The first-order valence-corrected chi connectivity index (χ1v) is 13.2. The fraction of sp³-hybridized carbons (Fsp3) is 0.500. The lowest BCUT2D eigenvalue weighted by Gasteiger charge is -2.15. The van der Waals surface area contributed by atoms with Gasteiger partial charge in [-0.15, -0.1) is 0 Å². The Morgan fingerprint density at radius 3 is 2.25 bits per heavy atom. The van der Waals surface area contributed by atoms with Gasteiger partial charge in [0, 0.05) is 17.7 Å². The molecule has 0 aliphatic carbocycles. The number of rotatable bonds is 15. The molecule has 0 amide bonds. The fourth-order valence-corrected chi connectivity index (χ4v) is 4.13. The van der Waals surface area contributed by atoms with Gasteiger partial charge in [0.05, 0.1) is 5.56 Å². The minimum atomic E-state index is -4.48. The van der Waals surface area contributed by atoms with E-state index in [1.54, 1.807) is 0 Å². The van der Waals surface area contributed by atoms with Crippen molar-refractivity contribution in [3.8, 4) is 0 Å². The van der Waals surface area contributed by atoms with E-state index in [0.29, 0.717) is 11.9 Å². The predicted molar refractivity (Wildman–Crippen MR) is 145 cm³/mol. The zero-order valence-corrected chi connectivity index (χ0v) is 22.7. The number of carbonyl (C=O) groups is 1. The molecule has 1 rings (SSSR count). The maximum atomic E-state index is 12.7. The maximum absolute atomic E-state index is 12.7. The van der Waals surface area contributed by atoms with Crippen LogP contribution in [-0.2, 0) is 11.0 Å². The Morgan fingerprint density at radius 1 is 1.03 bits per heavy atom. The van der Waals surface area contributed by atoms with Gasteiger partial charge in [-0.2, -0.15) is 24.9 Å². The molecule has 1 atom stereocenters. The number of anilines is 1. The van der Waals surface area contributed by atoms with Crippen LogP contribution in [0.4, 0.5) is 19.0 Å². The number of hydrogen-bond donors (Lipinski definition) is 2. The van der Waals surface area contributed by atoms with Gasteiger partial charge in [-0.05, 0) is 78.9 Å². The first kappa shape index (κ1) is 31.5. The van der Waals surface area contributed by atoms with E-state index in [2.05, 4.69) is 69.2 Å². The summed E-state index contributed by atoms with van der Waals surface area (Å²) >= 11 is 1.46. The van der Waals surface area contributed by atoms with Crippen molar-refractivity contribution in [2.24, 2.45) is 0 Å². The van der Waals surface area contributed by atoms with Crippen molar-refractivity contribution in [1.29, 1.82) is 0 Å². The van der Waals surface area contributed by atoms with Gasteiger partial charge in [-0.25, -0.2) is 9.78 Å². The number of halogens is 3. The van der Waals surface area contributed by atoms with Crippen LogP contribution in [0.1, 0.15) is 72.3 Å². The number of pyridine rings is 1. The van der Waals surface area contributed by atoms with E-state index < -0.39 is 23.8 Å². The molecule has 1 unspecified atom stereocenters. The highest BCUT2D eigenvalue weighted by Crippen LogP contribution is 2.29. The van der Waals surface area contributed by atoms with Crippen molar-refractivity contribution >= 4 is 23.5 Å². The van der Waals surface area contributed by atoms with Crippen molar-refractivity contribution < 1.29 is 23.1 Å². The lowest BCUT2D eigenvalue weighted by Crippen LogP contribution is -2.32. The van der Waals surface area contributed by atoms with Gasteiger partial charge in [0.15, 0.2) is 0 Å². The van der Waals surface area contributed by atoms with E-state index >= 15 is 0 Å². The van der Waals surface area contributed by atoms with Gasteiger partial charge in [0.25, 0.3) is 0 Å². The summed E-state index contributed by atoms with van der Waals surface area (Å²) in [6.45, 7) is 10.5. The van der Waals surface area contributed by atoms with Crippen LogP contribution in [0, 0.1) is 0 Å². The molecule has 4 nitrogen and oxygen atoms in total. The summed E-state index contributed by atoms with van der Waals surface area (Å²) in [5.74, 6) is -0.0659. The first-order chi connectivity index (χ1) is 16.9. The third-order valence-corrected chi connectivity index (χ3v) is 6.28. The Hall–Kier alpha value is -2.48. The SMILES string of the molecule is CC(C)=CCC/C(C)=C/CC/C(=C/CSCC(Nc1ccc(C(F)(F)F)cn1)C(=O)O)CC=C(C)C. The van der Waals surface area contributed by atoms with E-state index in [0.717, 1.165) is 44.2 Å². The summed E-state index contributed by atoms with van der Waals surface area (Å²) in [5.41, 5.74) is 4.41. The molecular formula is C28H39F3N2O2S. The number of aromatic nitrogens is 1. The number of nitrogens with zero attached hydrogens (tertiary/aromatic N) is 1. The number of carboxylic acid groups (broad SMARTS) is 1. The number of thioether (sulfide) groups is 1. The predicted octanol–water partition coefficient (Wildman–Crippen LogP) is 8.45. The molecule has 0 saturated carbocycles. The van der Waals surface area contributed by atoms with Crippen LogP contribution in [0.15, 0.2) is 64.9 Å². The van der Waals surface area contributed by atoms with Crippen LogP contribution in [-0.4, -0.2) is 33.6 Å². The molecule has 1 aromatic heterocycles. The van der Waals surface area contributed by atoms with E-state index in [1.807, 2.05) is 0 Å². The molecule has 0 spiro atoms. The molecule has 0 bridgehead atoms. The largest absolute Gasteiger partial charge is 0.480 e. The van der Waals surface area contributed by atoms with Gasteiger partial charge >= 0.3 is 12.1 Å². The highest BCUT2D eigenvalue weighted by atomic mass is 32.2.